The number of hydrogen-bond donors (Lipinski definition) is 1. The van der Waals surface area contributed by atoms with Crippen LogP contribution in [0, 0.1) is 23.7 Å². The lowest BCUT2D eigenvalue weighted by Crippen LogP contribution is -2.24. The Morgan fingerprint density at radius 1 is 1.00 bits per heavy atom. The molecule has 1 N–H and O–H groups in total. The summed E-state index contributed by atoms with van der Waals surface area (Å²) in [5, 5.41) is 8.61. The van der Waals surface area contributed by atoms with Crippen LogP contribution in [0.25, 0.3) is 0 Å². The molecule has 0 spiro atoms. The van der Waals surface area contributed by atoms with Crippen LogP contribution in [0.1, 0.15) is 71.1 Å². The van der Waals surface area contributed by atoms with Crippen LogP contribution in [0.4, 0.5) is 0 Å². The number of allylic oxidation sites excluding steroid dienone is 2. The van der Waals surface area contributed by atoms with E-state index in [-0.39, 0.29) is 6.42 Å². The predicted octanol–water partition coefficient (Wildman–Crippen LogP) is 5.04. The minimum Gasteiger partial charge on any atom is -0.481 e. The van der Waals surface area contributed by atoms with Gasteiger partial charge in [-0.1, -0.05) is 31.9 Å². The van der Waals surface area contributed by atoms with Crippen LogP contribution in [-0.4, -0.2) is 11.1 Å². The quantitative estimate of drug-likeness (QED) is 0.715. The average Bonchev–Trinajstić information content (AvgIpc) is 2.45. The fourth-order valence-corrected chi connectivity index (χ4v) is 4.06. The van der Waals surface area contributed by atoms with Gasteiger partial charge in [-0.25, -0.2) is 0 Å². The average molecular weight is 278 g/mol. The molecule has 2 saturated carbocycles. The number of rotatable bonds is 5. The molecule has 0 aliphatic heterocycles. The van der Waals surface area contributed by atoms with Crippen molar-refractivity contribution in [3.05, 3.63) is 12.2 Å². The fourth-order valence-electron chi connectivity index (χ4n) is 4.06. The van der Waals surface area contributed by atoms with Crippen molar-refractivity contribution >= 4 is 5.97 Å². The van der Waals surface area contributed by atoms with E-state index >= 15 is 0 Å². The van der Waals surface area contributed by atoms with E-state index in [1.165, 1.54) is 51.4 Å². The van der Waals surface area contributed by atoms with Crippen LogP contribution in [0.2, 0.25) is 0 Å². The minimum absolute atomic E-state index is 0.270. The second-order valence-corrected chi connectivity index (χ2v) is 7.06. The van der Waals surface area contributed by atoms with E-state index in [1.54, 1.807) is 0 Å². The zero-order valence-electron chi connectivity index (χ0n) is 12.9. The maximum atomic E-state index is 10.5. The predicted molar refractivity (Wildman–Crippen MR) is 82.6 cm³/mol. The van der Waals surface area contributed by atoms with E-state index in [4.69, 9.17) is 5.11 Å². The Morgan fingerprint density at radius 3 is 2.10 bits per heavy atom. The van der Waals surface area contributed by atoms with Crippen molar-refractivity contribution in [2.45, 2.75) is 71.1 Å². The maximum Gasteiger partial charge on any atom is 0.303 e. The molecule has 0 amide bonds. The first-order chi connectivity index (χ1) is 9.65. The molecule has 2 nitrogen and oxygen atoms in total. The molecule has 2 rings (SSSR count). The van der Waals surface area contributed by atoms with Crippen molar-refractivity contribution in [2.75, 3.05) is 0 Å². The summed E-state index contributed by atoms with van der Waals surface area (Å²) in [6.45, 7) is 2.40. The first-order valence-corrected chi connectivity index (χ1v) is 8.53. The van der Waals surface area contributed by atoms with Crippen LogP contribution in [-0.2, 0) is 4.79 Å². The van der Waals surface area contributed by atoms with Gasteiger partial charge in [0.25, 0.3) is 0 Å². The van der Waals surface area contributed by atoms with Crippen molar-refractivity contribution in [3.63, 3.8) is 0 Å². The maximum absolute atomic E-state index is 10.5. The van der Waals surface area contributed by atoms with Crippen LogP contribution in [0.5, 0.6) is 0 Å². The third-order valence-electron chi connectivity index (χ3n) is 5.48. The Balaban J connectivity index is 1.66. The molecule has 0 atom stereocenters. The van der Waals surface area contributed by atoms with Gasteiger partial charge in [0.1, 0.15) is 0 Å². The van der Waals surface area contributed by atoms with E-state index in [2.05, 4.69) is 19.1 Å². The Morgan fingerprint density at radius 2 is 1.55 bits per heavy atom. The second kappa shape index (κ2) is 7.85. The SMILES string of the molecule is CC1CCC(C2CCC(C=CCCC(=O)O)CC2)CC1. The molecule has 2 aliphatic carbocycles. The molecule has 0 radical (unpaired) electrons. The Hall–Kier alpha value is -0.790. The summed E-state index contributed by atoms with van der Waals surface area (Å²) in [5.74, 6) is 2.96. The highest BCUT2D eigenvalue weighted by Crippen LogP contribution is 2.41. The highest BCUT2D eigenvalue weighted by Gasteiger charge is 2.29. The summed E-state index contributed by atoms with van der Waals surface area (Å²) >= 11 is 0. The lowest BCUT2D eigenvalue weighted by atomic mass is 9.69. The van der Waals surface area contributed by atoms with Crippen LogP contribution >= 0.6 is 0 Å². The van der Waals surface area contributed by atoms with Gasteiger partial charge in [-0.2, -0.15) is 0 Å². The molecule has 20 heavy (non-hydrogen) atoms. The second-order valence-electron chi connectivity index (χ2n) is 7.06. The number of aliphatic carboxylic acids is 1. The van der Waals surface area contributed by atoms with Gasteiger partial charge in [0.15, 0.2) is 0 Å². The van der Waals surface area contributed by atoms with Gasteiger partial charge < -0.3 is 5.11 Å². The molecule has 2 fully saturated rings. The molecule has 0 saturated heterocycles. The minimum atomic E-state index is -0.690. The summed E-state index contributed by atoms with van der Waals surface area (Å²) < 4.78 is 0. The topological polar surface area (TPSA) is 37.3 Å². The molecule has 0 aromatic heterocycles. The van der Waals surface area contributed by atoms with Gasteiger partial charge in [0.2, 0.25) is 0 Å². The highest BCUT2D eigenvalue weighted by atomic mass is 16.4. The summed E-state index contributed by atoms with van der Waals surface area (Å²) in [4.78, 5) is 10.5. The van der Waals surface area contributed by atoms with Gasteiger partial charge in [-0.3, -0.25) is 4.79 Å². The van der Waals surface area contributed by atoms with E-state index in [9.17, 15) is 4.79 Å². The highest BCUT2D eigenvalue weighted by molar-refractivity contribution is 5.66. The Kier molecular flexibility index (Phi) is 6.12. The third-order valence-corrected chi connectivity index (χ3v) is 5.48. The van der Waals surface area contributed by atoms with Gasteiger partial charge in [-0.05, 0) is 68.6 Å². The fraction of sp³-hybridized carbons (Fsp3) is 0.833. The number of carbonyl (C=O) groups is 1. The zero-order valence-corrected chi connectivity index (χ0v) is 12.9. The summed E-state index contributed by atoms with van der Waals surface area (Å²) in [6.07, 6.45) is 16.6. The number of hydrogen-bond acceptors (Lipinski definition) is 1. The Labute approximate surface area is 123 Å². The summed E-state index contributed by atoms with van der Waals surface area (Å²) in [6, 6.07) is 0. The van der Waals surface area contributed by atoms with Gasteiger partial charge in [-0.15, -0.1) is 0 Å². The molecule has 0 aromatic rings. The molecule has 2 aliphatic rings. The van der Waals surface area contributed by atoms with Crippen molar-refractivity contribution in [1.82, 2.24) is 0 Å². The van der Waals surface area contributed by atoms with E-state index in [0.29, 0.717) is 12.3 Å². The summed E-state index contributed by atoms with van der Waals surface area (Å²) in [7, 11) is 0. The molecular formula is C18H30O2. The largest absolute Gasteiger partial charge is 0.481 e. The van der Waals surface area contributed by atoms with E-state index in [1.807, 2.05) is 0 Å². The molecule has 0 heterocycles. The molecule has 114 valence electrons. The van der Waals surface area contributed by atoms with Crippen molar-refractivity contribution in [3.8, 4) is 0 Å². The van der Waals surface area contributed by atoms with Crippen molar-refractivity contribution in [2.24, 2.45) is 23.7 Å². The first kappa shape index (κ1) is 15.6. The molecule has 0 aromatic carbocycles. The van der Waals surface area contributed by atoms with Crippen LogP contribution in [0.15, 0.2) is 12.2 Å². The monoisotopic (exact) mass is 278 g/mol. The van der Waals surface area contributed by atoms with Gasteiger partial charge >= 0.3 is 5.97 Å². The zero-order chi connectivity index (χ0) is 14.4. The third kappa shape index (κ3) is 4.96. The summed E-state index contributed by atoms with van der Waals surface area (Å²) in [5.41, 5.74) is 0. The van der Waals surface area contributed by atoms with Gasteiger partial charge in [0.05, 0.1) is 0 Å². The standard InChI is InChI=1S/C18H30O2/c1-14-6-10-16(11-7-14)17-12-8-15(9-13-17)4-2-3-5-18(19)20/h2,4,14-17H,3,5-13H2,1H3,(H,19,20). The lowest BCUT2D eigenvalue weighted by Gasteiger charge is -2.36. The van der Waals surface area contributed by atoms with Crippen LogP contribution < -0.4 is 0 Å². The van der Waals surface area contributed by atoms with Crippen LogP contribution in [0.3, 0.4) is 0 Å². The van der Waals surface area contributed by atoms with Crippen molar-refractivity contribution in [1.29, 1.82) is 0 Å². The van der Waals surface area contributed by atoms with E-state index in [0.717, 1.165) is 17.8 Å². The smallest absolute Gasteiger partial charge is 0.303 e. The number of carboxylic acid groups (broad SMARTS) is 1. The van der Waals surface area contributed by atoms with Crippen molar-refractivity contribution < 1.29 is 9.90 Å². The molecule has 2 heteroatoms. The number of carboxylic acids is 1. The first-order valence-electron chi connectivity index (χ1n) is 8.53. The van der Waals surface area contributed by atoms with Gasteiger partial charge in [0, 0.05) is 6.42 Å². The molecular weight excluding hydrogens is 248 g/mol. The molecule has 0 unspecified atom stereocenters. The normalized spacial score (nSPS) is 35.2. The van der Waals surface area contributed by atoms with E-state index < -0.39 is 5.97 Å². The lowest BCUT2D eigenvalue weighted by molar-refractivity contribution is -0.136. The molecule has 0 bridgehead atoms. The Bertz CT molecular complexity index is 318.